The third-order valence-electron chi connectivity index (χ3n) is 4.37. The Morgan fingerprint density at radius 2 is 2.20 bits per heavy atom. The smallest absolute Gasteiger partial charge is 0.245 e. The lowest BCUT2D eigenvalue weighted by Crippen LogP contribution is -2.51. The maximum atomic E-state index is 12.8. The quantitative estimate of drug-likeness (QED) is 0.817. The fourth-order valence-corrected chi connectivity index (χ4v) is 3.12. The van der Waals surface area contributed by atoms with Gasteiger partial charge >= 0.3 is 0 Å². The van der Waals surface area contributed by atoms with Crippen LogP contribution in [0.3, 0.4) is 0 Å². The molecular weight excluding hydrogens is 324 g/mol. The number of hydrogen-bond donors (Lipinski definition) is 2. The van der Waals surface area contributed by atoms with Crippen LogP contribution in [0.1, 0.15) is 43.1 Å². The van der Waals surface area contributed by atoms with Crippen LogP contribution in [0.15, 0.2) is 17.0 Å². The van der Waals surface area contributed by atoms with E-state index >= 15 is 0 Å². The van der Waals surface area contributed by atoms with Crippen molar-refractivity contribution in [1.29, 1.82) is 0 Å². The highest BCUT2D eigenvalue weighted by molar-refractivity contribution is 5.87. The predicted molar refractivity (Wildman–Crippen MR) is 87.5 cm³/mol. The molecule has 0 bridgehead atoms. The number of amides is 2. The third-order valence-corrected chi connectivity index (χ3v) is 4.37. The number of carbonyl (C=O) groups excluding carboxylic acids is 2. The molecule has 134 valence electrons. The van der Waals surface area contributed by atoms with Gasteiger partial charge in [0.05, 0.1) is 6.33 Å². The Labute approximate surface area is 145 Å². The van der Waals surface area contributed by atoms with E-state index in [1.54, 1.807) is 24.3 Å². The number of hydrogen-bond acceptors (Lipinski definition) is 6. The van der Waals surface area contributed by atoms with Crippen LogP contribution in [0.2, 0.25) is 0 Å². The van der Waals surface area contributed by atoms with E-state index in [0.29, 0.717) is 31.2 Å². The number of aromatic amines is 1. The molecule has 2 N–H and O–H groups in total. The number of imidazole rings is 1. The van der Waals surface area contributed by atoms with Crippen molar-refractivity contribution in [2.45, 2.75) is 45.1 Å². The largest absolute Gasteiger partial charge is 0.348 e. The Bertz CT molecular complexity index is 718. The van der Waals surface area contributed by atoms with E-state index in [9.17, 15) is 9.59 Å². The summed E-state index contributed by atoms with van der Waals surface area (Å²) in [6, 6.07) is -0.595. The molecule has 2 aromatic heterocycles. The van der Waals surface area contributed by atoms with E-state index < -0.39 is 6.04 Å². The van der Waals surface area contributed by atoms with Gasteiger partial charge in [-0.3, -0.25) is 9.59 Å². The number of aromatic nitrogens is 4. The summed E-state index contributed by atoms with van der Waals surface area (Å²) in [4.78, 5) is 37.3. The van der Waals surface area contributed by atoms with Crippen LogP contribution >= 0.6 is 0 Å². The molecule has 1 atom stereocenters. The van der Waals surface area contributed by atoms with Crippen LogP contribution in [0.4, 0.5) is 0 Å². The number of H-pyrrole nitrogens is 1. The van der Waals surface area contributed by atoms with Crippen LogP contribution in [0.5, 0.6) is 0 Å². The highest BCUT2D eigenvalue weighted by Crippen LogP contribution is 2.26. The second kappa shape index (κ2) is 7.45. The van der Waals surface area contributed by atoms with Crippen LogP contribution in [-0.2, 0) is 16.0 Å². The fourth-order valence-electron chi connectivity index (χ4n) is 3.12. The molecule has 1 fully saturated rings. The molecule has 2 amide bonds. The van der Waals surface area contributed by atoms with Gasteiger partial charge in [-0.1, -0.05) is 5.16 Å². The number of nitrogens with zero attached hydrogens (tertiary/aromatic N) is 4. The lowest BCUT2D eigenvalue weighted by atomic mass is 9.95. The lowest BCUT2D eigenvalue weighted by molar-refractivity contribution is -0.137. The Balaban J connectivity index is 1.61. The summed E-state index contributed by atoms with van der Waals surface area (Å²) >= 11 is 0. The Morgan fingerprint density at radius 3 is 2.76 bits per heavy atom. The topological polar surface area (TPSA) is 117 Å². The molecule has 0 radical (unpaired) electrons. The number of carbonyl (C=O) groups is 2. The SMILES string of the molecule is CC(=O)N[C@@H](Cc1cnc[nH]1)C(=O)N1CCC(c2noc(C)n2)CC1. The average Bonchev–Trinajstić information content (AvgIpc) is 3.25. The summed E-state index contributed by atoms with van der Waals surface area (Å²) < 4.78 is 5.03. The van der Waals surface area contributed by atoms with Crippen molar-refractivity contribution in [3.63, 3.8) is 0 Å². The summed E-state index contributed by atoms with van der Waals surface area (Å²) in [6.07, 6.45) is 5.17. The molecule has 1 saturated heterocycles. The highest BCUT2D eigenvalue weighted by Gasteiger charge is 2.31. The van der Waals surface area contributed by atoms with Crippen molar-refractivity contribution in [2.75, 3.05) is 13.1 Å². The van der Waals surface area contributed by atoms with Crippen LogP contribution in [0.25, 0.3) is 0 Å². The van der Waals surface area contributed by atoms with Gasteiger partial charge < -0.3 is 19.7 Å². The van der Waals surface area contributed by atoms with Gasteiger partial charge in [-0.15, -0.1) is 0 Å². The van der Waals surface area contributed by atoms with Gasteiger partial charge in [0, 0.05) is 51.2 Å². The minimum Gasteiger partial charge on any atom is -0.348 e. The zero-order valence-corrected chi connectivity index (χ0v) is 14.4. The molecule has 0 unspecified atom stereocenters. The predicted octanol–water partition coefficient (Wildman–Crippen LogP) is 0.555. The van der Waals surface area contributed by atoms with Gasteiger partial charge in [0.2, 0.25) is 17.7 Å². The van der Waals surface area contributed by atoms with Gasteiger partial charge in [-0.05, 0) is 12.8 Å². The summed E-state index contributed by atoms with van der Waals surface area (Å²) in [6.45, 7) is 4.40. The second-order valence-corrected chi connectivity index (χ2v) is 6.31. The van der Waals surface area contributed by atoms with E-state index in [2.05, 4.69) is 25.4 Å². The molecule has 3 heterocycles. The van der Waals surface area contributed by atoms with E-state index in [1.165, 1.54) is 6.92 Å². The van der Waals surface area contributed by atoms with Gasteiger partial charge in [-0.25, -0.2) is 4.98 Å². The Hall–Kier alpha value is -2.71. The van der Waals surface area contributed by atoms with Crippen LogP contribution < -0.4 is 5.32 Å². The van der Waals surface area contributed by atoms with Crippen molar-refractivity contribution in [3.8, 4) is 0 Å². The van der Waals surface area contributed by atoms with Crippen molar-refractivity contribution in [2.24, 2.45) is 0 Å². The Morgan fingerprint density at radius 1 is 1.44 bits per heavy atom. The molecule has 25 heavy (non-hydrogen) atoms. The van der Waals surface area contributed by atoms with E-state index in [-0.39, 0.29) is 17.7 Å². The second-order valence-electron chi connectivity index (χ2n) is 6.31. The average molecular weight is 346 g/mol. The first-order valence-electron chi connectivity index (χ1n) is 8.36. The summed E-state index contributed by atoms with van der Waals surface area (Å²) in [5, 5.41) is 6.72. The molecule has 9 heteroatoms. The standard InChI is InChI=1S/C16H22N6O3/c1-10(23)19-14(7-13-8-17-9-18-13)16(24)22-5-3-12(4-6-22)15-20-11(2)25-21-15/h8-9,12,14H,3-7H2,1-2H3,(H,17,18)(H,19,23)/t14-/m0/s1. The number of rotatable bonds is 5. The van der Waals surface area contributed by atoms with Crippen molar-refractivity contribution < 1.29 is 14.1 Å². The van der Waals surface area contributed by atoms with Gasteiger partial charge in [0.15, 0.2) is 5.82 Å². The van der Waals surface area contributed by atoms with Crippen molar-refractivity contribution in [1.82, 2.24) is 30.3 Å². The summed E-state index contributed by atoms with van der Waals surface area (Å²) in [7, 11) is 0. The first-order valence-corrected chi connectivity index (χ1v) is 8.36. The molecular formula is C16H22N6O3. The first-order chi connectivity index (χ1) is 12.0. The zero-order chi connectivity index (χ0) is 17.8. The maximum absolute atomic E-state index is 12.8. The first kappa shape index (κ1) is 17.1. The van der Waals surface area contributed by atoms with Gasteiger partial charge in [0.1, 0.15) is 6.04 Å². The van der Waals surface area contributed by atoms with E-state index in [4.69, 9.17) is 4.52 Å². The maximum Gasteiger partial charge on any atom is 0.245 e. The molecule has 2 aromatic rings. The monoisotopic (exact) mass is 346 g/mol. The Kier molecular flexibility index (Phi) is 5.11. The number of nitrogens with one attached hydrogen (secondary N) is 2. The molecule has 0 saturated carbocycles. The molecule has 0 spiro atoms. The summed E-state index contributed by atoms with van der Waals surface area (Å²) in [5.41, 5.74) is 0.809. The molecule has 1 aliphatic heterocycles. The molecule has 3 rings (SSSR count). The molecule has 0 aliphatic carbocycles. The fraction of sp³-hybridized carbons (Fsp3) is 0.562. The highest BCUT2D eigenvalue weighted by atomic mass is 16.5. The van der Waals surface area contributed by atoms with E-state index in [1.807, 2.05) is 0 Å². The summed E-state index contributed by atoms with van der Waals surface area (Å²) in [5.74, 6) is 1.16. The minimum absolute atomic E-state index is 0.0763. The number of likely N-dealkylation sites (tertiary alicyclic amines) is 1. The minimum atomic E-state index is -0.595. The lowest BCUT2D eigenvalue weighted by Gasteiger charge is -2.33. The van der Waals surface area contributed by atoms with Crippen LogP contribution in [-0.4, -0.2) is 56.0 Å². The van der Waals surface area contributed by atoms with Gasteiger partial charge in [0.25, 0.3) is 0 Å². The molecule has 1 aliphatic rings. The number of piperidine rings is 1. The van der Waals surface area contributed by atoms with E-state index in [0.717, 1.165) is 18.5 Å². The molecule has 0 aromatic carbocycles. The molecule has 9 nitrogen and oxygen atoms in total. The zero-order valence-electron chi connectivity index (χ0n) is 14.4. The number of aryl methyl sites for hydroxylation is 1. The third kappa shape index (κ3) is 4.23. The normalized spacial score (nSPS) is 16.6. The van der Waals surface area contributed by atoms with Crippen molar-refractivity contribution in [3.05, 3.63) is 29.9 Å². The van der Waals surface area contributed by atoms with Crippen molar-refractivity contribution >= 4 is 11.8 Å². The van der Waals surface area contributed by atoms with Crippen LogP contribution in [0, 0.1) is 6.92 Å². The van der Waals surface area contributed by atoms with Gasteiger partial charge in [-0.2, -0.15) is 4.98 Å².